The Morgan fingerprint density at radius 3 is 2.22 bits per heavy atom. The van der Waals surface area contributed by atoms with E-state index < -0.39 is 11.6 Å². The molecular formula is C21H27F2N3O. The number of halogens is 2. The van der Waals surface area contributed by atoms with Crippen molar-refractivity contribution in [1.29, 1.82) is 0 Å². The molecule has 1 N–H and O–H groups in total. The van der Waals surface area contributed by atoms with Gasteiger partial charge in [-0.2, -0.15) is 0 Å². The maximum absolute atomic E-state index is 13.2. The molecule has 0 amide bonds. The van der Waals surface area contributed by atoms with E-state index in [1.54, 1.807) is 0 Å². The Morgan fingerprint density at radius 1 is 0.963 bits per heavy atom. The monoisotopic (exact) mass is 375 g/mol. The van der Waals surface area contributed by atoms with Crippen LogP contribution in [0.1, 0.15) is 12.5 Å². The molecule has 0 radical (unpaired) electrons. The molecule has 1 aliphatic heterocycles. The van der Waals surface area contributed by atoms with Crippen LogP contribution in [0.4, 0.5) is 8.78 Å². The molecular weight excluding hydrogens is 348 g/mol. The van der Waals surface area contributed by atoms with E-state index in [4.69, 9.17) is 4.74 Å². The van der Waals surface area contributed by atoms with Crippen LogP contribution >= 0.6 is 0 Å². The molecule has 146 valence electrons. The third kappa shape index (κ3) is 5.99. The standard InChI is InChI=1S/C21H27F2N3O/c1-16(26-9-7-25(2)8-10-26)14-24-15-17-3-5-20(6-4-17)27-21-12-18(22)11-19(23)13-21/h3-6,11-13,16,24H,7-10,14-15H2,1-2H3. The van der Waals surface area contributed by atoms with Crippen molar-refractivity contribution in [3.63, 3.8) is 0 Å². The molecule has 1 atom stereocenters. The lowest BCUT2D eigenvalue weighted by Crippen LogP contribution is -2.50. The summed E-state index contributed by atoms with van der Waals surface area (Å²) >= 11 is 0. The summed E-state index contributed by atoms with van der Waals surface area (Å²) in [7, 11) is 2.17. The zero-order valence-corrected chi connectivity index (χ0v) is 15.9. The average molecular weight is 375 g/mol. The fraction of sp³-hybridized carbons (Fsp3) is 0.429. The molecule has 0 saturated carbocycles. The molecule has 0 aliphatic carbocycles. The van der Waals surface area contributed by atoms with Crippen LogP contribution in [0.5, 0.6) is 11.5 Å². The first-order chi connectivity index (χ1) is 13.0. The van der Waals surface area contributed by atoms with Crippen LogP contribution < -0.4 is 10.1 Å². The second kappa shape index (κ2) is 9.26. The Bertz CT molecular complexity index is 710. The van der Waals surface area contributed by atoms with E-state index in [1.807, 2.05) is 24.3 Å². The highest BCUT2D eigenvalue weighted by Gasteiger charge is 2.18. The van der Waals surface area contributed by atoms with Crippen molar-refractivity contribution in [2.24, 2.45) is 0 Å². The predicted octanol–water partition coefficient (Wildman–Crippen LogP) is 3.48. The van der Waals surface area contributed by atoms with Crippen LogP contribution in [0.15, 0.2) is 42.5 Å². The lowest BCUT2D eigenvalue weighted by molar-refractivity contribution is 0.118. The minimum Gasteiger partial charge on any atom is -0.457 e. The maximum Gasteiger partial charge on any atom is 0.133 e. The van der Waals surface area contributed by atoms with Crippen LogP contribution in [-0.2, 0) is 6.54 Å². The molecule has 27 heavy (non-hydrogen) atoms. The highest BCUT2D eigenvalue weighted by atomic mass is 19.1. The molecule has 0 spiro atoms. The van der Waals surface area contributed by atoms with Crippen LogP contribution in [0, 0.1) is 11.6 Å². The Balaban J connectivity index is 1.45. The molecule has 3 rings (SSSR count). The van der Waals surface area contributed by atoms with Gasteiger partial charge in [0.1, 0.15) is 23.1 Å². The van der Waals surface area contributed by atoms with E-state index in [-0.39, 0.29) is 5.75 Å². The Hall–Kier alpha value is -2.02. The van der Waals surface area contributed by atoms with Crippen LogP contribution in [0.3, 0.4) is 0 Å². The van der Waals surface area contributed by atoms with Gasteiger partial charge in [0.05, 0.1) is 0 Å². The highest BCUT2D eigenvalue weighted by Crippen LogP contribution is 2.23. The fourth-order valence-corrected chi connectivity index (χ4v) is 3.22. The molecule has 0 aromatic heterocycles. The van der Waals surface area contributed by atoms with Gasteiger partial charge in [0.15, 0.2) is 0 Å². The van der Waals surface area contributed by atoms with Crippen molar-refractivity contribution in [2.75, 3.05) is 39.8 Å². The van der Waals surface area contributed by atoms with Crippen molar-refractivity contribution in [2.45, 2.75) is 19.5 Å². The minimum absolute atomic E-state index is 0.152. The van der Waals surface area contributed by atoms with E-state index in [9.17, 15) is 8.78 Å². The predicted molar refractivity (Wildman–Crippen MR) is 103 cm³/mol. The summed E-state index contributed by atoms with van der Waals surface area (Å²) < 4.78 is 32.0. The summed E-state index contributed by atoms with van der Waals surface area (Å²) in [5.74, 6) is -0.602. The van der Waals surface area contributed by atoms with Crippen LogP contribution in [0.2, 0.25) is 0 Å². The van der Waals surface area contributed by atoms with Gasteiger partial charge in [0, 0.05) is 63.5 Å². The first-order valence-electron chi connectivity index (χ1n) is 9.36. The molecule has 1 aliphatic rings. The zero-order chi connectivity index (χ0) is 19.2. The lowest BCUT2D eigenvalue weighted by Gasteiger charge is -2.36. The van der Waals surface area contributed by atoms with Crippen LogP contribution in [0.25, 0.3) is 0 Å². The largest absolute Gasteiger partial charge is 0.457 e. The molecule has 1 saturated heterocycles. The van der Waals surface area contributed by atoms with E-state index in [2.05, 4.69) is 29.1 Å². The maximum atomic E-state index is 13.2. The molecule has 1 fully saturated rings. The topological polar surface area (TPSA) is 27.7 Å². The van der Waals surface area contributed by atoms with Gasteiger partial charge < -0.3 is 15.0 Å². The summed E-state index contributed by atoms with van der Waals surface area (Å²) in [4.78, 5) is 4.88. The first-order valence-corrected chi connectivity index (χ1v) is 9.36. The van der Waals surface area contributed by atoms with Crippen LogP contribution in [-0.4, -0.2) is 55.6 Å². The first kappa shape index (κ1) is 19.7. The van der Waals surface area contributed by atoms with Crippen molar-refractivity contribution < 1.29 is 13.5 Å². The summed E-state index contributed by atoms with van der Waals surface area (Å²) in [6.07, 6.45) is 0. The molecule has 0 bridgehead atoms. The Morgan fingerprint density at radius 2 is 1.59 bits per heavy atom. The molecule has 2 aromatic rings. The van der Waals surface area contributed by atoms with E-state index in [0.29, 0.717) is 11.8 Å². The molecule has 2 aromatic carbocycles. The zero-order valence-electron chi connectivity index (χ0n) is 15.9. The van der Waals surface area contributed by atoms with E-state index >= 15 is 0 Å². The number of hydrogen-bond acceptors (Lipinski definition) is 4. The average Bonchev–Trinajstić information content (AvgIpc) is 2.63. The van der Waals surface area contributed by atoms with Gasteiger partial charge >= 0.3 is 0 Å². The van der Waals surface area contributed by atoms with Crippen molar-refractivity contribution in [3.05, 3.63) is 59.7 Å². The second-order valence-electron chi connectivity index (χ2n) is 7.17. The summed E-state index contributed by atoms with van der Waals surface area (Å²) in [5, 5.41) is 3.50. The SMILES string of the molecule is CC(CNCc1ccc(Oc2cc(F)cc(F)c2)cc1)N1CCN(C)CC1. The van der Waals surface area contributed by atoms with Gasteiger partial charge in [-0.1, -0.05) is 12.1 Å². The van der Waals surface area contributed by atoms with Gasteiger partial charge in [0.2, 0.25) is 0 Å². The number of nitrogens with zero attached hydrogens (tertiary/aromatic N) is 2. The fourth-order valence-electron chi connectivity index (χ4n) is 3.22. The molecule has 6 heteroatoms. The van der Waals surface area contributed by atoms with Gasteiger partial charge in [0.25, 0.3) is 0 Å². The highest BCUT2D eigenvalue weighted by molar-refractivity contribution is 5.33. The number of hydrogen-bond donors (Lipinski definition) is 1. The molecule has 4 nitrogen and oxygen atoms in total. The number of nitrogens with one attached hydrogen (secondary N) is 1. The van der Waals surface area contributed by atoms with Crippen molar-refractivity contribution in [3.8, 4) is 11.5 Å². The number of piperazine rings is 1. The smallest absolute Gasteiger partial charge is 0.133 e. The normalized spacial score (nSPS) is 17.0. The molecule has 1 heterocycles. The van der Waals surface area contributed by atoms with E-state index in [1.165, 1.54) is 0 Å². The third-order valence-corrected chi connectivity index (χ3v) is 4.93. The third-order valence-electron chi connectivity index (χ3n) is 4.93. The molecule has 1 unspecified atom stereocenters. The quantitative estimate of drug-likeness (QED) is 0.802. The minimum atomic E-state index is -0.653. The van der Waals surface area contributed by atoms with Crippen molar-refractivity contribution in [1.82, 2.24) is 15.1 Å². The number of benzene rings is 2. The second-order valence-corrected chi connectivity index (χ2v) is 7.17. The van der Waals surface area contributed by atoms with Gasteiger partial charge in [-0.25, -0.2) is 8.78 Å². The van der Waals surface area contributed by atoms with Crippen molar-refractivity contribution >= 4 is 0 Å². The number of rotatable bonds is 7. The van der Waals surface area contributed by atoms with Gasteiger partial charge in [-0.05, 0) is 31.7 Å². The summed E-state index contributed by atoms with van der Waals surface area (Å²) in [5.41, 5.74) is 1.14. The van der Waals surface area contributed by atoms with E-state index in [0.717, 1.165) is 63.0 Å². The van der Waals surface area contributed by atoms with Gasteiger partial charge in [-0.15, -0.1) is 0 Å². The van der Waals surface area contributed by atoms with Gasteiger partial charge in [-0.3, -0.25) is 4.90 Å². The Labute approximate surface area is 159 Å². The lowest BCUT2D eigenvalue weighted by atomic mass is 10.2. The summed E-state index contributed by atoms with van der Waals surface area (Å²) in [6, 6.07) is 11.2. The Kier molecular flexibility index (Phi) is 6.77. The summed E-state index contributed by atoms with van der Waals surface area (Å²) in [6.45, 7) is 8.45. The number of likely N-dealkylation sites (N-methyl/N-ethyl adjacent to an activating group) is 1. The number of ether oxygens (including phenoxy) is 1.